The molecule has 1 aliphatic heterocycles. The summed E-state index contributed by atoms with van der Waals surface area (Å²) in [7, 11) is 0. The minimum atomic E-state index is -0.811. The molecule has 0 radical (unpaired) electrons. The molecule has 6 heteroatoms. The first-order valence-corrected chi connectivity index (χ1v) is 9.43. The molecule has 1 aliphatic rings. The summed E-state index contributed by atoms with van der Waals surface area (Å²) >= 11 is 0. The molecule has 0 N–H and O–H groups in total. The standard InChI is InChI=1S/C22H24N2O4/c1-3-16(2)23(21(26)15-28-18-12-8-5-9-13-18)19-14-20(25)24(22(19)27)17-10-6-4-7-11-17/h4-13,16,19H,3,14-15H2,1-2H3. The van der Waals surface area contributed by atoms with Crippen LogP contribution in [0, 0.1) is 0 Å². The monoisotopic (exact) mass is 380 g/mol. The van der Waals surface area contributed by atoms with Gasteiger partial charge in [-0.15, -0.1) is 0 Å². The predicted molar refractivity (Wildman–Crippen MR) is 106 cm³/mol. The molecular formula is C22H24N2O4. The molecule has 0 bridgehead atoms. The van der Waals surface area contributed by atoms with Crippen LogP contribution in [-0.4, -0.2) is 41.3 Å². The fourth-order valence-electron chi connectivity index (χ4n) is 3.34. The lowest BCUT2D eigenvalue weighted by atomic mass is 10.1. The summed E-state index contributed by atoms with van der Waals surface area (Å²) < 4.78 is 5.58. The number of rotatable bonds is 7. The molecule has 2 aromatic carbocycles. The summed E-state index contributed by atoms with van der Waals surface area (Å²) in [5.41, 5.74) is 0.525. The van der Waals surface area contributed by atoms with E-state index in [1.54, 1.807) is 36.4 Å². The van der Waals surface area contributed by atoms with Gasteiger partial charge in [0.15, 0.2) is 6.61 Å². The Morgan fingerprint density at radius 3 is 2.32 bits per heavy atom. The van der Waals surface area contributed by atoms with Gasteiger partial charge in [-0.25, -0.2) is 4.90 Å². The van der Waals surface area contributed by atoms with E-state index in [9.17, 15) is 14.4 Å². The van der Waals surface area contributed by atoms with E-state index in [1.807, 2.05) is 38.1 Å². The van der Waals surface area contributed by atoms with Gasteiger partial charge in [-0.2, -0.15) is 0 Å². The number of benzene rings is 2. The second-order valence-corrected chi connectivity index (χ2v) is 6.78. The van der Waals surface area contributed by atoms with Gasteiger partial charge in [0.1, 0.15) is 11.8 Å². The lowest BCUT2D eigenvalue weighted by Crippen LogP contribution is -2.51. The van der Waals surface area contributed by atoms with Gasteiger partial charge in [0.25, 0.3) is 11.8 Å². The van der Waals surface area contributed by atoms with Crippen LogP contribution in [0.3, 0.4) is 0 Å². The van der Waals surface area contributed by atoms with Crippen LogP contribution in [0.4, 0.5) is 5.69 Å². The minimum Gasteiger partial charge on any atom is -0.484 e. The molecular weight excluding hydrogens is 356 g/mol. The average molecular weight is 380 g/mol. The Morgan fingerprint density at radius 1 is 1.11 bits per heavy atom. The Kier molecular flexibility index (Phi) is 6.09. The lowest BCUT2D eigenvalue weighted by molar-refractivity contribution is -0.142. The molecule has 2 atom stereocenters. The molecule has 1 fully saturated rings. The normalized spacial score (nSPS) is 17.5. The zero-order valence-corrected chi connectivity index (χ0v) is 16.1. The van der Waals surface area contributed by atoms with Crippen LogP contribution in [0.15, 0.2) is 60.7 Å². The highest BCUT2D eigenvalue weighted by Crippen LogP contribution is 2.27. The number of hydrogen-bond donors (Lipinski definition) is 0. The third-order valence-corrected chi connectivity index (χ3v) is 4.93. The molecule has 3 amide bonds. The van der Waals surface area contributed by atoms with Crippen LogP contribution < -0.4 is 9.64 Å². The van der Waals surface area contributed by atoms with E-state index in [2.05, 4.69) is 0 Å². The number of imide groups is 1. The van der Waals surface area contributed by atoms with Gasteiger partial charge in [-0.1, -0.05) is 43.3 Å². The molecule has 3 rings (SSSR count). The van der Waals surface area contributed by atoms with Gasteiger partial charge < -0.3 is 9.64 Å². The number of para-hydroxylation sites is 2. The zero-order valence-electron chi connectivity index (χ0n) is 16.1. The van der Waals surface area contributed by atoms with Gasteiger partial charge in [-0.05, 0) is 37.6 Å². The second-order valence-electron chi connectivity index (χ2n) is 6.78. The molecule has 0 aromatic heterocycles. The largest absolute Gasteiger partial charge is 0.484 e. The summed E-state index contributed by atoms with van der Waals surface area (Å²) in [5, 5.41) is 0. The summed E-state index contributed by atoms with van der Waals surface area (Å²) in [6.07, 6.45) is 0.648. The predicted octanol–water partition coefficient (Wildman–Crippen LogP) is 3.02. The summed E-state index contributed by atoms with van der Waals surface area (Å²) in [6.45, 7) is 3.64. The molecule has 0 saturated carbocycles. The fraction of sp³-hybridized carbons (Fsp3) is 0.318. The van der Waals surface area contributed by atoms with Gasteiger partial charge in [-0.3, -0.25) is 14.4 Å². The number of anilines is 1. The Balaban J connectivity index is 1.78. The van der Waals surface area contributed by atoms with Crippen molar-refractivity contribution in [1.29, 1.82) is 0 Å². The Labute approximate surface area is 164 Å². The smallest absolute Gasteiger partial charge is 0.261 e. The third-order valence-electron chi connectivity index (χ3n) is 4.93. The first kappa shape index (κ1) is 19.6. The van der Waals surface area contributed by atoms with Gasteiger partial charge in [0, 0.05) is 6.04 Å². The zero-order chi connectivity index (χ0) is 20.1. The number of nitrogens with zero attached hydrogens (tertiary/aromatic N) is 2. The average Bonchev–Trinajstić information content (AvgIpc) is 3.01. The SMILES string of the molecule is CCC(C)N(C(=O)COc1ccccc1)C1CC(=O)N(c2ccccc2)C1=O. The highest BCUT2D eigenvalue weighted by molar-refractivity contribution is 6.23. The van der Waals surface area contributed by atoms with Crippen LogP contribution in [0.1, 0.15) is 26.7 Å². The van der Waals surface area contributed by atoms with E-state index in [0.29, 0.717) is 17.9 Å². The van der Waals surface area contributed by atoms with Gasteiger partial charge in [0.05, 0.1) is 12.1 Å². The van der Waals surface area contributed by atoms with E-state index in [-0.39, 0.29) is 36.8 Å². The van der Waals surface area contributed by atoms with Crippen molar-refractivity contribution in [2.75, 3.05) is 11.5 Å². The highest BCUT2D eigenvalue weighted by Gasteiger charge is 2.45. The molecule has 28 heavy (non-hydrogen) atoms. The minimum absolute atomic E-state index is 0.0187. The Morgan fingerprint density at radius 2 is 1.71 bits per heavy atom. The molecule has 0 aliphatic carbocycles. The molecule has 0 spiro atoms. The number of ether oxygens (including phenoxy) is 1. The van der Waals surface area contributed by atoms with Crippen molar-refractivity contribution in [3.05, 3.63) is 60.7 Å². The highest BCUT2D eigenvalue weighted by atomic mass is 16.5. The summed E-state index contributed by atoms with van der Waals surface area (Å²) in [4.78, 5) is 41.2. The lowest BCUT2D eigenvalue weighted by Gasteiger charge is -2.32. The van der Waals surface area contributed by atoms with Crippen LogP contribution in [0.5, 0.6) is 5.75 Å². The quantitative estimate of drug-likeness (QED) is 0.693. The van der Waals surface area contributed by atoms with Crippen LogP contribution in [0.25, 0.3) is 0 Å². The van der Waals surface area contributed by atoms with E-state index < -0.39 is 6.04 Å². The molecule has 2 aromatic rings. The van der Waals surface area contributed by atoms with Crippen molar-refractivity contribution in [3.8, 4) is 5.75 Å². The van der Waals surface area contributed by atoms with Crippen molar-refractivity contribution in [1.82, 2.24) is 4.90 Å². The van der Waals surface area contributed by atoms with Crippen LogP contribution in [0.2, 0.25) is 0 Å². The van der Waals surface area contributed by atoms with Gasteiger partial charge in [0.2, 0.25) is 5.91 Å². The van der Waals surface area contributed by atoms with Gasteiger partial charge >= 0.3 is 0 Å². The molecule has 146 valence electrons. The first-order chi connectivity index (χ1) is 13.5. The van der Waals surface area contributed by atoms with E-state index in [4.69, 9.17) is 4.74 Å². The Bertz CT molecular complexity index is 838. The topological polar surface area (TPSA) is 66.9 Å². The molecule has 1 heterocycles. The molecule has 2 unspecified atom stereocenters. The molecule has 6 nitrogen and oxygen atoms in total. The summed E-state index contributed by atoms with van der Waals surface area (Å²) in [5.74, 6) is -0.394. The summed E-state index contributed by atoms with van der Waals surface area (Å²) in [6, 6.07) is 16.8. The second kappa shape index (κ2) is 8.69. The number of hydrogen-bond acceptors (Lipinski definition) is 4. The van der Waals surface area contributed by atoms with Crippen molar-refractivity contribution in [3.63, 3.8) is 0 Å². The van der Waals surface area contributed by atoms with Crippen molar-refractivity contribution >= 4 is 23.4 Å². The van der Waals surface area contributed by atoms with E-state index in [1.165, 1.54) is 9.80 Å². The van der Waals surface area contributed by atoms with E-state index >= 15 is 0 Å². The van der Waals surface area contributed by atoms with Crippen molar-refractivity contribution in [2.24, 2.45) is 0 Å². The fourth-order valence-corrected chi connectivity index (χ4v) is 3.34. The number of carbonyl (C=O) groups excluding carboxylic acids is 3. The first-order valence-electron chi connectivity index (χ1n) is 9.43. The van der Waals surface area contributed by atoms with Crippen LogP contribution in [-0.2, 0) is 14.4 Å². The number of carbonyl (C=O) groups is 3. The maximum Gasteiger partial charge on any atom is 0.261 e. The molecule has 1 saturated heterocycles. The third kappa shape index (κ3) is 4.06. The maximum absolute atomic E-state index is 13.0. The number of amides is 3. The maximum atomic E-state index is 13.0. The van der Waals surface area contributed by atoms with Crippen molar-refractivity contribution < 1.29 is 19.1 Å². The van der Waals surface area contributed by atoms with E-state index in [0.717, 1.165) is 0 Å². The Hall–Kier alpha value is -3.15. The van der Waals surface area contributed by atoms with Crippen LogP contribution >= 0.6 is 0 Å². The van der Waals surface area contributed by atoms with Crippen molar-refractivity contribution in [2.45, 2.75) is 38.8 Å².